The number of nitrogens with one attached hydrogen (secondary N) is 2. The van der Waals surface area contributed by atoms with Gasteiger partial charge in [0.25, 0.3) is 5.56 Å². The molecule has 0 aliphatic heterocycles. The Morgan fingerprint density at radius 1 is 1.21 bits per heavy atom. The second-order valence-corrected chi connectivity index (χ2v) is 6.13. The van der Waals surface area contributed by atoms with Crippen molar-refractivity contribution < 1.29 is 4.79 Å². The summed E-state index contributed by atoms with van der Waals surface area (Å²) in [6.07, 6.45) is 0. The van der Waals surface area contributed by atoms with Gasteiger partial charge in [0.05, 0.1) is 5.39 Å². The van der Waals surface area contributed by atoms with E-state index in [9.17, 15) is 9.59 Å². The van der Waals surface area contributed by atoms with Crippen LogP contribution >= 0.6 is 0 Å². The molecule has 0 saturated carbocycles. The second kappa shape index (κ2) is 5.96. The summed E-state index contributed by atoms with van der Waals surface area (Å²) < 4.78 is 1.40. The van der Waals surface area contributed by atoms with Gasteiger partial charge in [-0.2, -0.15) is 0 Å². The number of benzene rings is 1. The van der Waals surface area contributed by atoms with Gasteiger partial charge in [0.2, 0.25) is 5.91 Å². The number of hydrogen-bond donors (Lipinski definition) is 2. The fourth-order valence-electron chi connectivity index (χ4n) is 2.81. The minimum absolute atomic E-state index is 0.0643. The first-order valence-corrected chi connectivity index (χ1v) is 7.79. The highest BCUT2D eigenvalue weighted by Crippen LogP contribution is 2.16. The van der Waals surface area contributed by atoms with Crippen LogP contribution in [-0.4, -0.2) is 20.4 Å². The molecule has 2 aromatic heterocycles. The molecule has 6 nitrogen and oxygen atoms in total. The van der Waals surface area contributed by atoms with Crippen LogP contribution in [0.4, 0.5) is 5.69 Å². The molecule has 6 heteroatoms. The van der Waals surface area contributed by atoms with Gasteiger partial charge in [0.1, 0.15) is 18.0 Å². The average Bonchev–Trinajstić information content (AvgIpc) is 2.87. The van der Waals surface area contributed by atoms with Crippen LogP contribution in [-0.2, 0) is 11.3 Å². The minimum Gasteiger partial charge on any atom is -0.343 e. The normalized spacial score (nSPS) is 11.0. The predicted octanol–water partition coefficient (Wildman–Crippen LogP) is 2.60. The summed E-state index contributed by atoms with van der Waals surface area (Å²) in [7, 11) is 0. The van der Waals surface area contributed by atoms with Crippen LogP contribution in [0.2, 0.25) is 0 Å². The molecule has 3 rings (SSSR count). The third kappa shape index (κ3) is 2.95. The largest absolute Gasteiger partial charge is 0.343 e. The number of aryl methyl sites for hydroxylation is 4. The predicted molar refractivity (Wildman–Crippen MR) is 94.4 cm³/mol. The maximum absolute atomic E-state index is 12.6. The molecule has 2 N–H and O–H groups in total. The summed E-state index contributed by atoms with van der Waals surface area (Å²) >= 11 is 0. The van der Waals surface area contributed by atoms with Gasteiger partial charge in [-0.1, -0.05) is 17.7 Å². The number of H-pyrrole nitrogens is 1. The Balaban J connectivity index is 1.89. The van der Waals surface area contributed by atoms with Crippen LogP contribution in [0.5, 0.6) is 0 Å². The van der Waals surface area contributed by atoms with Crippen LogP contribution in [0.15, 0.2) is 29.1 Å². The minimum atomic E-state index is -0.249. The van der Waals surface area contributed by atoms with Gasteiger partial charge < -0.3 is 10.3 Å². The van der Waals surface area contributed by atoms with Crippen molar-refractivity contribution in [1.29, 1.82) is 0 Å². The lowest BCUT2D eigenvalue weighted by Gasteiger charge is -2.12. The van der Waals surface area contributed by atoms with Gasteiger partial charge in [0.15, 0.2) is 0 Å². The first-order chi connectivity index (χ1) is 11.3. The zero-order valence-electron chi connectivity index (χ0n) is 14.2. The second-order valence-electron chi connectivity index (χ2n) is 6.13. The number of rotatable bonds is 3. The molecule has 0 radical (unpaired) electrons. The van der Waals surface area contributed by atoms with E-state index in [1.165, 1.54) is 4.57 Å². The Morgan fingerprint density at radius 2 is 1.96 bits per heavy atom. The zero-order valence-corrected chi connectivity index (χ0v) is 14.2. The van der Waals surface area contributed by atoms with E-state index in [-0.39, 0.29) is 18.0 Å². The van der Waals surface area contributed by atoms with Crippen LogP contribution in [0, 0.1) is 27.7 Å². The quantitative estimate of drug-likeness (QED) is 0.777. The van der Waals surface area contributed by atoms with Gasteiger partial charge in [-0.3, -0.25) is 14.2 Å². The lowest BCUT2D eigenvalue weighted by atomic mass is 10.1. The van der Waals surface area contributed by atoms with Crippen LogP contribution < -0.4 is 10.9 Å². The van der Waals surface area contributed by atoms with Crippen molar-refractivity contribution in [2.75, 3.05) is 5.32 Å². The zero-order chi connectivity index (χ0) is 17.4. The van der Waals surface area contributed by atoms with E-state index < -0.39 is 0 Å². The maximum atomic E-state index is 12.6. The summed E-state index contributed by atoms with van der Waals surface area (Å²) in [4.78, 5) is 32.4. The molecule has 0 aliphatic rings. The highest BCUT2D eigenvalue weighted by molar-refractivity contribution is 5.91. The number of aromatic nitrogens is 3. The van der Waals surface area contributed by atoms with E-state index in [2.05, 4.69) is 15.3 Å². The number of carbonyl (C=O) groups excluding carboxylic acids is 1. The van der Waals surface area contributed by atoms with Crippen LogP contribution in [0.25, 0.3) is 11.0 Å². The Labute approximate surface area is 139 Å². The summed E-state index contributed by atoms with van der Waals surface area (Å²) in [6.45, 7) is 7.47. The van der Waals surface area contributed by atoms with Crippen molar-refractivity contribution in [2.45, 2.75) is 34.2 Å². The highest BCUT2D eigenvalue weighted by atomic mass is 16.2. The standard InChI is InChI=1S/C18H20N4O2/c1-10-5-6-15(11(2)7-10)21-16(23)9-22-13(4)20-17-14(18(22)24)8-12(3)19-17/h5-8,19H,9H2,1-4H3,(H,21,23). The van der Waals surface area contributed by atoms with E-state index >= 15 is 0 Å². The Bertz CT molecular complexity index is 998. The number of carbonyl (C=O) groups is 1. The van der Waals surface area contributed by atoms with Crippen LogP contribution in [0.3, 0.4) is 0 Å². The van der Waals surface area contributed by atoms with E-state index in [1.54, 1.807) is 13.0 Å². The summed E-state index contributed by atoms with van der Waals surface area (Å²) in [6, 6.07) is 7.57. The van der Waals surface area contributed by atoms with Gasteiger partial charge in [-0.25, -0.2) is 4.98 Å². The van der Waals surface area contributed by atoms with Gasteiger partial charge >= 0.3 is 0 Å². The monoisotopic (exact) mass is 324 g/mol. The number of hydrogen-bond acceptors (Lipinski definition) is 3. The molecular formula is C18H20N4O2. The highest BCUT2D eigenvalue weighted by Gasteiger charge is 2.13. The van der Waals surface area contributed by atoms with Gasteiger partial charge in [-0.15, -0.1) is 0 Å². The molecule has 0 fully saturated rings. The molecule has 0 saturated heterocycles. The molecule has 24 heavy (non-hydrogen) atoms. The van der Waals surface area contributed by atoms with E-state index in [1.807, 2.05) is 39.0 Å². The summed E-state index contributed by atoms with van der Waals surface area (Å²) in [5.74, 6) is 0.255. The van der Waals surface area contributed by atoms with Crippen molar-refractivity contribution in [3.63, 3.8) is 0 Å². The summed E-state index contributed by atoms with van der Waals surface area (Å²) in [5, 5.41) is 3.36. The molecule has 3 aromatic rings. The third-order valence-corrected chi connectivity index (χ3v) is 4.03. The molecule has 124 valence electrons. The van der Waals surface area contributed by atoms with Crippen molar-refractivity contribution in [1.82, 2.24) is 14.5 Å². The molecule has 0 spiro atoms. The fourth-order valence-corrected chi connectivity index (χ4v) is 2.81. The first kappa shape index (κ1) is 16.0. The van der Waals surface area contributed by atoms with Gasteiger partial charge in [-0.05, 0) is 45.4 Å². The molecule has 0 aliphatic carbocycles. The van der Waals surface area contributed by atoms with Crippen LogP contribution in [0.1, 0.15) is 22.6 Å². The third-order valence-electron chi connectivity index (χ3n) is 4.03. The number of anilines is 1. The molecule has 2 heterocycles. The molecule has 1 aromatic carbocycles. The number of fused-ring (bicyclic) bond motifs is 1. The molecule has 0 atom stereocenters. The van der Waals surface area contributed by atoms with Crippen molar-refractivity contribution in [3.05, 3.63) is 57.3 Å². The molecule has 0 unspecified atom stereocenters. The number of amides is 1. The van der Waals surface area contributed by atoms with E-state index in [4.69, 9.17) is 0 Å². The topological polar surface area (TPSA) is 79.8 Å². The summed E-state index contributed by atoms with van der Waals surface area (Å²) in [5.41, 5.74) is 4.09. The van der Waals surface area contributed by atoms with Crippen molar-refractivity contribution in [2.24, 2.45) is 0 Å². The van der Waals surface area contributed by atoms with Crippen molar-refractivity contribution >= 4 is 22.6 Å². The molecule has 1 amide bonds. The Kier molecular flexibility index (Phi) is 3.97. The number of nitrogens with zero attached hydrogens (tertiary/aromatic N) is 2. The fraction of sp³-hybridized carbons (Fsp3) is 0.278. The SMILES string of the molecule is Cc1ccc(NC(=O)Cn2c(C)nc3[nH]c(C)cc3c2=O)c(C)c1. The lowest BCUT2D eigenvalue weighted by Crippen LogP contribution is -2.30. The Morgan fingerprint density at radius 3 is 2.67 bits per heavy atom. The van der Waals surface area contributed by atoms with E-state index in [0.717, 1.165) is 22.5 Å². The maximum Gasteiger partial charge on any atom is 0.263 e. The first-order valence-electron chi connectivity index (χ1n) is 7.79. The van der Waals surface area contributed by atoms with Crippen molar-refractivity contribution in [3.8, 4) is 0 Å². The van der Waals surface area contributed by atoms with E-state index in [0.29, 0.717) is 16.9 Å². The number of aromatic amines is 1. The smallest absolute Gasteiger partial charge is 0.263 e. The molecular weight excluding hydrogens is 304 g/mol. The Hall–Kier alpha value is -2.89. The average molecular weight is 324 g/mol. The lowest BCUT2D eigenvalue weighted by molar-refractivity contribution is -0.116. The van der Waals surface area contributed by atoms with Gasteiger partial charge in [0, 0.05) is 11.4 Å². The molecule has 0 bridgehead atoms.